The molecule has 2 aromatic carbocycles. The highest BCUT2D eigenvalue weighted by Crippen LogP contribution is 2.23. The van der Waals surface area contributed by atoms with Gasteiger partial charge in [0.25, 0.3) is 5.56 Å². The molecule has 0 aliphatic heterocycles. The molecule has 0 aliphatic rings. The number of rotatable bonds is 2. The summed E-state index contributed by atoms with van der Waals surface area (Å²) >= 11 is 0. The minimum atomic E-state index is -0.325. The van der Waals surface area contributed by atoms with E-state index in [0.717, 1.165) is 16.6 Å². The average Bonchev–Trinajstić information content (AvgIpc) is 3.02. The minimum Gasteiger partial charge on any atom is -0.494 e. The van der Waals surface area contributed by atoms with E-state index in [1.54, 1.807) is 30.6 Å². The molecule has 112 valence electrons. The smallest absolute Gasteiger partial charge is 0.258 e. The van der Waals surface area contributed by atoms with E-state index in [1.807, 2.05) is 24.3 Å². The molecule has 6 heteroatoms. The van der Waals surface area contributed by atoms with Crippen LogP contribution in [0.1, 0.15) is 5.56 Å². The van der Waals surface area contributed by atoms with Gasteiger partial charge >= 0.3 is 0 Å². The highest BCUT2D eigenvalue weighted by molar-refractivity contribution is 6.02. The number of hydrogen-bond donors (Lipinski definition) is 3. The fraction of sp³-hybridized carbons (Fsp3) is 0. The fourth-order valence-electron chi connectivity index (χ4n) is 2.56. The number of pyridine rings is 1. The van der Waals surface area contributed by atoms with E-state index >= 15 is 0 Å². The van der Waals surface area contributed by atoms with Gasteiger partial charge in [0.2, 0.25) is 5.88 Å². The molecule has 0 amide bonds. The molecule has 0 saturated heterocycles. The van der Waals surface area contributed by atoms with Crippen LogP contribution in [0.5, 0.6) is 5.88 Å². The third-order valence-electron chi connectivity index (χ3n) is 3.72. The Morgan fingerprint density at radius 3 is 2.83 bits per heavy atom. The number of H-pyrrole nitrogens is 2. The molecule has 4 rings (SSSR count). The first-order valence-corrected chi connectivity index (χ1v) is 7.03. The van der Waals surface area contributed by atoms with Crippen LogP contribution in [0.3, 0.4) is 0 Å². The van der Waals surface area contributed by atoms with Crippen LogP contribution >= 0.6 is 0 Å². The summed E-state index contributed by atoms with van der Waals surface area (Å²) in [6.07, 6.45) is 3.29. The first kappa shape index (κ1) is 13.3. The second kappa shape index (κ2) is 5.10. The van der Waals surface area contributed by atoms with Gasteiger partial charge in [-0.3, -0.25) is 19.9 Å². The zero-order valence-corrected chi connectivity index (χ0v) is 11.9. The lowest BCUT2D eigenvalue weighted by molar-refractivity contribution is 0.452. The first-order valence-electron chi connectivity index (χ1n) is 7.03. The first-order chi connectivity index (χ1) is 11.2. The van der Waals surface area contributed by atoms with Crippen LogP contribution in [0.25, 0.3) is 21.7 Å². The Morgan fingerprint density at radius 1 is 1.13 bits per heavy atom. The summed E-state index contributed by atoms with van der Waals surface area (Å²) in [4.78, 5) is 18.7. The van der Waals surface area contributed by atoms with Crippen molar-refractivity contribution in [1.29, 1.82) is 0 Å². The molecular formula is C17H12N4O2. The van der Waals surface area contributed by atoms with Crippen LogP contribution < -0.4 is 5.56 Å². The molecule has 3 N–H and O–H groups in total. The molecule has 4 aromatic rings. The van der Waals surface area contributed by atoms with Crippen molar-refractivity contribution in [3.8, 4) is 5.88 Å². The number of aromatic hydroxyl groups is 1. The van der Waals surface area contributed by atoms with E-state index in [0.29, 0.717) is 16.3 Å². The molecular weight excluding hydrogens is 292 g/mol. The van der Waals surface area contributed by atoms with Crippen molar-refractivity contribution in [3.05, 3.63) is 64.6 Å². The topological polar surface area (TPSA) is 94.1 Å². The molecule has 6 nitrogen and oxygen atoms in total. The number of aromatic nitrogens is 3. The van der Waals surface area contributed by atoms with Crippen molar-refractivity contribution in [2.45, 2.75) is 0 Å². The van der Waals surface area contributed by atoms with Crippen LogP contribution in [0.4, 0.5) is 5.69 Å². The van der Waals surface area contributed by atoms with Crippen molar-refractivity contribution in [3.63, 3.8) is 0 Å². The van der Waals surface area contributed by atoms with Gasteiger partial charge in [0.1, 0.15) is 0 Å². The van der Waals surface area contributed by atoms with Crippen molar-refractivity contribution >= 4 is 33.6 Å². The van der Waals surface area contributed by atoms with Crippen molar-refractivity contribution in [2.75, 3.05) is 0 Å². The fourth-order valence-corrected chi connectivity index (χ4v) is 2.56. The lowest BCUT2D eigenvalue weighted by atomic mass is 10.1. The van der Waals surface area contributed by atoms with Gasteiger partial charge in [-0.1, -0.05) is 18.2 Å². The quantitative estimate of drug-likeness (QED) is 0.497. The SMILES string of the molecule is O=c1[nH]c(O)c(C=Nc2ccc3cn[nH]c3c2)c2ccccc12. The molecule has 0 aliphatic carbocycles. The lowest BCUT2D eigenvalue weighted by Gasteiger charge is -2.04. The summed E-state index contributed by atoms with van der Waals surface area (Å²) in [5.41, 5.74) is 1.76. The van der Waals surface area contributed by atoms with Gasteiger partial charge in [-0.25, -0.2) is 0 Å². The molecule has 0 saturated carbocycles. The maximum Gasteiger partial charge on any atom is 0.258 e. The minimum absolute atomic E-state index is 0.194. The highest BCUT2D eigenvalue weighted by Gasteiger charge is 2.08. The van der Waals surface area contributed by atoms with E-state index in [-0.39, 0.29) is 11.4 Å². The van der Waals surface area contributed by atoms with Crippen LogP contribution in [0.15, 0.2) is 58.4 Å². The van der Waals surface area contributed by atoms with Gasteiger partial charge < -0.3 is 5.11 Å². The Hall–Kier alpha value is -3.41. The number of aliphatic imine (C=N–C) groups is 1. The molecule has 0 fully saturated rings. The number of nitrogens with one attached hydrogen (secondary N) is 2. The van der Waals surface area contributed by atoms with Crippen LogP contribution in [0.2, 0.25) is 0 Å². The van der Waals surface area contributed by atoms with Crippen LogP contribution in [0, 0.1) is 0 Å². The monoisotopic (exact) mass is 304 g/mol. The molecule has 2 aromatic heterocycles. The Morgan fingerprint density at radius 2 is 1.96 bits per heavy atom. The third-order valence-corrected chi connectivity index (χ3v) is 3.72. The average molecular weight is 304 g/mol. The Labute approximate surface area is 130 Å². The number of aromatic amines is 2. The van der Waals surface area contributed by atoms with Gasteiger partial charge in [0, 0.05) is 22.4 Å². The maximum absolute atomic E-state index is 11.9. The lowest BCUT2D eigenvalue weighted by Crippen LogP contribution is -2.07. The molecule has 23 heavy (non-hydrogen) atoms. The van der Waals surface area contributed by atoms with Gasteiger partial charge in [-0.2, -0.15) is 5.10 Å². The van der Waals surface area contributed by atoms with Crippen molar-refractivity contribution in [2.24, 2.45) is 4.99 Å². The summed E-state index contributed by atoms with van der Waals surface area (Å²) in [7, 11) is 0. The molecule has 0 spiro atoms. The van der Waals surface area contributed by atoms with E-state index in [2.05, 4.69) is 20.2 Å². The highest BCUT2D eigenvalue weighted by atomic mass is 16.3. The third kappa shape index (κ3) is 2.26. The van der Waals surface area contributed by atoms with Crippen LogP contribution in [-0.2, 0) is 0 Å². The normalized spacial score (nSPS) is 11.7. The van der Waals surface area contributed by atoms with Gasteiger partial charge in [0.15, 0.2) is 0 Å². The molecule has 2 heterocycles. The molecule has 0 bridgehead atoms. The zero-order chi connectivity index (χ0) is 15.8. The second-order valence-corrected chi connectivity index (χ2v) is 5.16. The van der Waals surface area contributed by atoms with E-state index in [9.17, 15) is 9.90 Å². The van der Waals surface area contributed by atoms with E-state index < -0.39 is 0 Å². The Balaban J connectivity index is 1.84. The maximum atomic E-state index is 11.9. The number of benzene rings is 2. The van der Waals surface area contributed by atoms with Gasteiger partial charge in [-0.05, 0) is 24.3 Å². The largest absolute Gasteiger partial charge is 0.494 e. The van der Waals surface area contributed by atoms with Gasteiger partial charge in [-0.15, -0.1) is 0 Å². The van der Waals surface area contributed by atoms with Crippen molar-refractivity contribution in [1.82, 2.24) is 15.2 Å². The number of nitrogens with zero attached hydrogens (tertiary/aromatic N) is 2. The van der Waals surface area contributed by atoms with Crippen molar-refractivity contribution < 1.29 is 5.11 Å². The Bertz CT molecular complexity index is 1110. The predicted molar refractivity (Wildman–Crippen MR) is 89.6 cm³/mol. The van der Waals surface area contributed by atoms with Crippen LogP contribution in [-0.4, -0.2) is 26.5 Å². The molecule has 0 atom stereocenters. The number of hydrogen-bond acceptors (Lipinski definition) is 4. The summed E-state index contributed by atoms with van der Waals surface area (Å²) in [6, 6.07) is 12.7. The summed E-state index contributed by atoms with van der Waals surface area (Å²) in [5, 5.41) is 19.1. The summed E-state index contributed by atoms with van der Waals surface area (Å²) < 4.78 is 0. The van der Waals surface area contributed by atoms with E-state index in [4.69, 9.17) is 0 Å². The summed E-state index contributed by atoms with van der Waals surface area (Å²) in [5.74, 6) is -0.194. The standard InChI is InChI=1S/C17H12N4O2/c22-16-13-4-2-1-3-12(13)14(17(23)20-16)9-18-11-6-5-10-8-19-21-15(10)7-11/h1-9H,(H,19,21)(H2,20,22,23). The molecule has 0 radical (unpaired) electrons. The molecule has 0 unspecified atom stereocenters. The van der Waals surface area contributed by atoms with E-state index in [1.165, 1.54) is 0 Å². The second-order valence-electron chi connectivity index (χ2n) is 5.16. The predicted octanol–water partition coefficient (Wildman–Crippen LogP) is 2.86. The number of fused-ring (bicyclic) bond motifs is 2. The summed E-state index contributed by atoms with van der Waals surface area (Å²) in [6.45, 7) is 0. The van der Waals surface area contributed by atoms with Gasteiger partial charge in [0.05, 0.1) is 23.0 Å². The zero-order valence-electron chi connectivity index (χ0n) is 11.9. The Kier molecular flexibility index (Phi) is 2.94.